The molecule has 1 rings (SSSR count). The van der Waals surface area contributed by atoms with Crippen molar-refractivity contribution in [2.75, 3.05) is 26.4 Å². The van der Waals surface area contributed by atoms with Crippen molar-refractivity contribution in [3.8, 4) is 0 Å². The fraction of sp³-hybridized carbons (Fsp3) is 0.857. The van der Waals surface area contributed by atoms with Crippen LogP contribution in [0.25, 0.3) is 0 Å². The predicted molar refractivity (Wildman–Crippen MR) is 216 cm³/mol. The van der Waals surface area contributed by atoms with Gasteiger partial charge in [-0.05, 0) is 43.9 Å². The third-order valence-electron chi connectivity index (χ3n) is 10.1. The first kappa shape index (κ1) is 52.3. The van der Waals surface area contributed by atoms with Gasteiger partial charge >= 0.3 is 19.8 Å². The summed E-state index contributed by atoms with van der Waals surface area (Å²) in [6, 6.07) is 0. The summed E-state index contributed by atoms with van der Waals surface area (Å²) >= 11 is 0. The Balaban J connectivity index is 2.51. The summed E-state index contributed by atoms with van der Waals surface area (Å²) in [6.07, 6.45) is 21.1. The van der Waals surface area contributed by atoms with Gasteiger partial charge in [0.25, 0.3) is 0 Å². The van der Waals surface area contributed by atoms with E-state index in [9.17, 15) is 39.5 Å². The molecule has 0 spiro atoms. The minimum Gasteiger partial charge on any atom is -0.462 e. The first-order valence-corrected chi connectivity index (χ1v) is 22.9. The number of unbranched alkanes of at least 4 members (excludes halogenated alkanes) is 12. The van der Waals surface area contributed by atoms with Crippen molar-refractivity contribution in [3.05, 3.63) is 24.3 Å². The highest BCUT2D eigenvalue weighted by Crippen LogP contribution is 2.43. The van der Waals surface area contributed by atoms with Gasteiger partial charge in [0.2, 0.25) is 0 Å². The molecule has 0 radical (unpaired) electrons. The Kier molecular flexibility index (Phi) is 30.1. The fourth-order valence-corrected chi connectivity index (χ4v) is 7.49. The van der Waals surface area contributed by atoms with Crippen LogP contribution >= 0.6 is 7.82 Å². The summed E-state index contributed by atoms with van der Waals surface area (Å²) in [5.41, 5.74) is 0. The second kappa shape index (κ2) is 32.2. The zero-order valence-electron chi connectivity index (χ0n) is 34.6. The van der Waals surface area contributed by atoms with E-state index in [0.717, 1.165) is 44.4 Å². The number of phosphoric acid groups is 1. The molecule has 0 saturated heterocycles. The van der Waals surface area contributed by atoms with Gasteiger partial charge in [-0.1, -0.05) is 129 Å². The molecule has 328 valence electrons. The number of esters is 2. The van der Waals surface area contributed by atoms with Crippen molar-refractivity contribution in [1.29, 1.82) is 0 Å². The van der Waals surface area contributed by atoms with E-state index in [0.29, 0.717) is 32.1 Å². The minimum absolute atomic E-state index is 0.00888. The van der Waals surface area contributed by atoms with Crippen LogP contribution in [0.2, 0.25) is 0 Å². The predicted octanol–water partition coefficient (Wildman–Crippen LogP) is 7.24. The first-order chi connectivity index (χ1) is 26.8. The number of allylic oxidation sites excluding steroid dienone is 2. The minimum atomic E-state index is -4.68. The topological polar surface area (TPSA) is 210 Å². The Morgan fingerprint density at radius 3 is 2.02 bits per heavy atom. The molecular weight excluding hydrogens is 743 g/mol. The Morgan fingerprint density at radius 2 is 1.38 bits per heavy atom. The molecule has 1 unspecified atom stereocenters. The van der Waals surface area contributed by atoms with Crippen LogP contribution in [0.15, 0.2) is 24.3 Å². The number of phosphoric ester groups is 1. The molecule has 0 aromatic heterocycles. The van der Waals surface area contributed by atoms with Gasteiger partial charge in [-0.3, -0.25) is 18.6 Å². The fourth-order valence-electron chi connectivity index (χ4n) is 6.70. The molecule has 6 N–H and O–H groups in total. The summed E-state index contributed by atoms with van der Waals surface area (Å²) in [4.78, 5) is 35.1. The second-order valence-corrected chi connectivity index (χ2v) is 17.3. The summed E-state index contributed by atoms with van der Waals surface area (Å²) in [5.74, 6) is -0.800. The molecule has 1 aliphatic rings. The number of carbonyl (C=O) groups is 2. The molecule has 1 saturated carbocycles. The van der Waals surface area contributed by atoms with Gasteiger partial charge in [0, 0.05) is 25.2 Å². The lowest BCUT2D eigenvalue weighted by atomic mass is 9.89. The monoisotopic (exact) mass is 821 g/mol. The molecule has 0 amide bonds. The molecule has 1 fully saturated rings. The average molecular weight is 821 g/mol. The number of aliphatic hydroxyl groups excluding tert-OH is 5. The summed E-state index contributed by atoms with van der Waals surface area (Å²) in [5, 5.41) is 49.6. The summed E-state index contributed by atoms with van der Waals surface area (Å²) in [7, 11) is -4.68. The molecule has 8 atom stereocenters. The number of ether oxygens (including phenoxy) is 2. The maximum atomic E-state index is 12.7. The van der Waals surface area contributed by atoms with E-state index in [1.807, 2.05) is 18.2 Å². The number of rotatable bonds is 35. The molecule has 14 heteroatoms. The molecular formula is C42H77O13P. The summed E-state index contributed by atoms with van der Waals surface area (Å²) < 4.78 is 32.7. The molecule has 13 nitrogen and oxygen atoms in total. The molecule has 0 aromatic rings. The van der Waals surface area contributed by atoms with E-state index < -0.39 is 70.1 Å². The van der Waals surface area contributed by atoms with E-state index in [2.05, 4.69) is 25.3 Å². The van der Waals surface area contributed by atoms with Crippen LogP contribution in [0.1, 0.15) is 156 Å². The van der Waals surface area contributed by atoms with Gasteiger partial charge in [0.1, 0.15) is 12.7 Å². The lowest BCUT2D eigenvalue weighted by Gasteiger charge is -2.20. The standard InChI is InChI=1S/C42H77O13P/c1-4-5-16-22-34(44)26-27-38-37(39(46)28-40(38)47)23-18-14-15-20-25-42(49)55-36(32-54-56(50,51)53-30-35(45)29-43)31-52-41(48)24-19-13-11-9-7-6-8-10-12-17-21-33(2)3/h14,18,26-27,33-40,43-47H,4-13,15-17,19-25,28-32H2,1-3H3,(H,50,51)/b18-14+,27-26+/t34-,35-,36+,37+,38+,39-,40+/m0/s1. The van der Waals surface area contributed by atoms with E-state index in [1.165, 1.54) is 44.9 Å². The summed E-state index contributed by atoms with van der Waals surface area (Å²) in [6.45, 7) is 4.29. The van der Waals surface area contributed by atoms with Crippen molar-refractivity contribution in [3.63, 3.8) is 0 Å². The SMILES string of the molecule is CCCCC[C@H](O)/C=C/[C@@H]1[C@@H](C/C=C/CCCC(=O)O[C@H](COC(=O)CCCCCCCCCCCCC(C)C)COP(=O)(O)OC[C@@H](O)CO)[C@@H](O)C[C@H]1O. The number of hydrogen-bond acceptors (Lipinski definition) is 12. The quantitative estimate of drug-likeness (QED) is 0.0162. The lowest BCUT2D eigenvalue weighted by molar-refractivity contribution is -0.161. The highest BCUT2D eigenvalue weighted by molar-refractivity contribution is 7.47. The first-order valence-electron chi connectivity index (χ1n) is 21.4. The number of carbonyl (C=O) groups excluding carboxylic acids is 2. The van der Waals surface area contributed by atoms with Crippen molar-refractivity contribution in [2.24, 2.45) is 17.8 Å². The highest BCUT2D eigenvalue weighted by atomic mass is 31.2. The number of aliphatic hydroxyl groups is 5. The lowest BCUT2D eigenvalue weighted by Crippen LogP contribution is -2.29. The van der Waals surface area contributed by atoms with Gasteiger partial charge in [0.15, 0.2) is 6.10 Å². The zero-order valence-corrected chi connectivity index (χ0v) is 35.5. The molecule has 56 heavy (non-hydrogen) atoms. The van der Waals surface area contributed by atoms with Crippen LogP contribution < -0.4 is 0 Å². The largest absolute Gasteiger partial charge is 0.472 e. The third kappa shape index (κ3) is 27.1. The van der Waals surface area contributed by atoms with Crippen LogP contribution in [-0.4, -0.2) is 99.3 Å². The smallest absolute Gasteiger partial charge is 0.462 e. The average Bonchev–Trinajstić information content (AvgIpc) is 3.43. The van der Waals surface area contributed by atoms with Gasteiger partial charge in [-0.25, -0.2) is 4.57 Å². The van der Waals surface area contributed by atoms with Crippen molar-refractivity contribution in [1.82, 2.24) is 0 Å². The van der Waals surface area contributed by atoms with Gasteiger partial charge < -0.3 is 39.9 Å². The van der Waals surface area contributed by atoms with E-state index >= 15 is 0 Å². The molecule has 0 aromatic carbocycles. The van der Waals surface area contributed by atoms with Crippen LogP contribution in [0.5, 0.6) is 0 Å². The van der Waals surface area contributed by atoms with Gasteiger partial charge in [-0.2, -0.15) is 0 Å². The molecule has 0 bridgehead atoms. The maximum absolute atomic E-state index is 12.7. The normalized spacial score (nSPS) is 21.5. The van der Waals surface area contributed by atoms with Crippen molar-refractivity contribution in [2.45, 2.75) is 186 Å². The maximum Gasteiger partial charge on any atom is 0.472 e. The van der Waals surface area contributed by atoms with Crippen molar-refractivity contribution >= 4 is 19.8 Å². The van der Waals surface area contributed by atoms with Gasteiger partial charge in [-0.15, -0.1) is 0 Å². The van der Waals surface area contributed by atoms with E-state index in [-0.39, 0.29) is 37.7 Å². The van der Waals surface area contributed by atoms with Crippen LogP contribution in [-0.2, 0) is 32.7 Å². The Hall–Kier alpha value is -1.67. The van der Waals surface area contributed by atoms with Gasteiger partial charge in [0.05, 0.1) is 38.1 Å². The van der Waals surface area contributed by atoms with E-state index in [1.54, 1.807) is 6.08 Å². The third-order valence-corrected chi connectivity index (χ3v) is 11.1. The molecule has 1 aliphatic carbocycles. The Morgan fingerprint density at radius 1 is 0.768 bits per heavy atom. The second-order valence-electron chi connectivity index (χ2n) is 15.8. The van der Waals surface area contributed by atoms with Crippen LogP contribution in [0.4, 0.5) is 0 Å². The molecule has 0 aliphatic heterocycles. The van der Waals surface area contributed by atoms with E-state index in [4.69, 9.17) is 19.1 Å². The zero-order chi connectivity index (χ0) is 41.6. The van der Waals surface area contributed by atoms with Crippen LogP contribution in [0.3, 0.4) is 0 Å². The van der Waals surface area contributed by atoms with Crippen molar-refractivity contribution < 1.29 is 63.1 Å². The molecule has 0 heterocycles. The number of hydrogen-bond donors (Lipinski definition) is 6. The Bertz CT molecular complexity index is 1120. The Labute approximate surface area is 336 Å². The van der Waals surface area contributed by atoms with Crippen LogP contribution in [0, 0.1) is 17.8 Å². The highest BCUT2D eigenvalue weighted by Gasteiger charge is 2.39.